The number of hydrogen-bond acceptors (Lipinski definition) is 5. The molecule has 0 spiro atoms. The van der Waals surface area contributed by atoms with Crippen molar-refractivity contribution < 1.29 is 24.2 Å². The number of aliphatic hydroxyl groups is 1. The first-order chi connectivity index (χ1) is 15.6. The van der Waals surface area contributed by atoms with Gasteiger partial charge in [0.2, 0.25) is 0 Å². The van der Waals surface area contributed by atoms with Crippen molar-refractivity contribution in [3.8, 4) is 5.75 Å². The summed E-state index contributed by atoms with van der Waals surface area (Å²) in [5.41, 5.74) is 1.61. The van der Waals surface area contributed by atoms with E-state index in [0.717, 1.165) is 18.4 Å². The van der Waals surface area contributed by atoms with Crippen molar-refractivity contribution in [3.05, 3.63) is 83.1 Å². The zero-order chi connectivity index (χ0) is 22.9. The van der Waals surface area contributed by atoms with Gasteiger partial charge in [-0.2, -0.15) is 0 Å². The maximum Gasteiger partial charge on any atom is 0.290 e. The average Bonchev–Trinajstić information content (AvgIpc) is 3.07. The Hall–Kier alpha value is -3.38. The summed E-state index contributed by atoms with van der Waals surface area (Å²) in [6.45, 7) is 3.20. The van der Waals surface area contributed by atoms with Crippen LogP contribution >= 0.6 is 0 Å². The van der Waals surface area contributed by atoms with Gasteiger partial charge in [0.15, 0.2) is 11.5 Å². The summed E-state index contributed by atoms with van der Waals surface area (Å²) in [6, 6.07) is 16.0. The van der Waals surface area contributed by atoms with E-state index in [9.17, 15) is 14.7 Å². The Morgan fingerprint density at radius 1 is 1.12 bits per heavy atom. The number of rotatable bonds is 11. The topological polar surface area (TPSA) is 76.1 Å². The first-order valence-electron chi connectivity index (χ1n) is 10.8. The lowest BCUT2D eigenvalue weighted by Gasteiger charge is -2.26. The molecular weight excluding hydrogens is 406 g/mol. The van der Waals surface area contributed by atoms with Crippen LogP contribution in [0.25, 0.3) is 6.08 Å². The summed E-state index contributed by atoms with van der Waals surface area (Å²) in [4.78, 5) is 27.4. The number of ether oxygens (including phenoxy) is 2. The van der Waals surface area contributed by atoms with Crippen LogP contribution in [0, 0.1) is 0 Å². The lowest BCUT2D eigenvalue weighted by Crippen LogP contribution is -2.33. The van der Waals surface area contributed by atoms with Crippen molar-refractivity contribution in [2.45, 2.75) is 25.8 Å². The second kappa shape index (κ2) is 11.3. The van der Waals surface area contributed by atoms with Gasteiger partial charge in [-0.05, 0) is 35.8 Å². The molecule has 2 aromatic rings. The molecule has 32 heavy (non-hydrogen) atoms. The molecule has 6 heteroatoms. The summed E-state index contributed by atoms with van der Waals surface area (Å²) < 4.78 is 11.0. The van der Waals surface area contributed by atoms with Crippen LogP contribution in [0.5, 0.6) is 5.75 Å². The van der Waals surface area contributed by atoms with Crippen LogP contribution in [-0.2, 0) is 14.3 Å². The molecule has 2 aromatic carbocycles. The number of nitrogens with zero attached hydrogens (tertiary/aromatic N) is 1. The van der Waals surface area contributed by atoms with Crippen molar-refractivity contribution >= 4 is 17.8 Å². The monoisotopic (exact) mass is 435 g/mol. The maximum absolute atomic E-state index is 13.1. The molecule has 3 rings (SSSR count). The van der Waals surface area contributed by atoms with Crippen LogP contribution < -0.4 is 4.74 Å². The Balaban J connectivity index is 1.94. The van der Waals surface area contributed by atoms with Gasteiger partial charge in [0.25, 0.3) is 5.91 Å². The van der Waals surface area contributed by atoms with E-state index in [1.165, 1.54) is 11.0 Å². The molecule has 0 bridgehead atoms. The van der Waals surface area contributed by atoms with Gasteiger partial charge in [-0.3, -0.25) is 9.59 Å². The van der Waals surface area contributed by atoms with E-state index < -0.39 is 23.5 Å². The number of amides is 1. The Morgan fingerprint density at radius 3 is 2.62 bits per heavy atom. The largest absolute Gasteiger partial charge is 0.503 e. The first kappa shape index (κ1) is 23.3. The van der Waals surface area contributed by atoms with E-state index in [2.05, 4.69) is 6.92 Å². The highest BCUT2D eigenvalue weighted by atomic mass is 16.5. The molecule has 168 valence electrons. The fourth-order valence-electron chi connectivity index (χ4n) is 3.61. The first-order valence-corrected chi connectivity index (χ1v) is 10.8. The highest BCUT2D eigenvalue weighted by molar-refractivity contribution is 6.14. The second-order valence-corrected chi connectivity index (χ2v) is 7.54. The average molecular weight is 436 g/mol. The number of carbonyl (C=O) groups is 2. The minimum atomic E-state index is -0.722. The van der Waals surface area contributed by atoms with Crippen molar-refractivity contribution in [1.82, 2.24) is 4.90 Å². The second-order valence-electron chi connectivity index (χ2n) is 7.54. The van der Waals surface area contributed by atoms with Gasteiger partial charge in [-0.15, -0.1) is 0 Å². The van der Waals surface area contributed by atoms with Crippen LogP contribution in [-0.4, -0.2) is 48.6 Å². The number of ketones is 1. The van der Waals surface area contributed by atoms with E-state index in [1.54, 1.807) is 13.2 Å². The van der Waals surface area contributed by atoms with Crippen molar-refractivity contribution in [2.24, 2.45) is 0 Å². The molecule has 0 aromatic heterocycles. The molecule has 0 aliphatic carbocycles. The SMILES string of the molecule is CCCCOc1cccc(C2C(C(=O)C=Cc3ccccc3)=C(O)C(=O)N2CCOC)c1. The molecule has 0 fully saturated rings. The molecule has 1 heterocycles. The Morgan fingerprint density at radius 2 is 1.91 bits per heavy atom. The fourth-order valence-corrected chi connectivity index (χ4v) is 3.61. The number of carbonyl (C=O) groups excluding carboxylic acids is 2. The quantitative estimate of drug-likeness (QED) is 0.416. The molecule has 1 N–H and O–H groups in total. The van der Waals surface area contributed by atoms with Gasteiger partial charge in [-0.1, -0.05) is 61.9 Å². The molecular formula is C26H29NO5. The highest BCUT2D eigenvalue weighted by Crippen LogP contribution is 2.38. The zero-order valence-corrected chi connectivity index (χ0v) is 18.5. The number of unbranched alkanes of at least 4 members (excludes halogenated alkanes) is 1. The van der Waals surface area contributed by atoms with E-state index in [-0.39, 0.29) is 18.7 Å². The molecule has 1 atom stereocenters. The molecule has 0 saturated heterocycles. The third-order valence-electron chi connectivity index (χ3n) is 5.27. The normalized spacial score (nSPS) is 16.2. The van der Waals surface area contributed by atoms with E-state index in [0.29, 0.717) is 17.9 Å². The predicted octanol–water partition coefficient (Wildman–Crippen LogP) is 4.49. The minimum absolute atomic E-state index is 0.0593. The zero-order valence-electron chi connectivity index (χ0n) is 18.5. The van der Waals surface area contributed by atoms with Crippen molar-refractivity contribution in [3.63, 3.8) is 0 Å². The lowest BCUT2D eigenvalue weighted by atomic mass is 9.95. The fraction of sp³-hybridized carbons (Fsp3) is 0.308. The van der Waals surface area contributed by atoms with Gasteiger partial charge in [-0.25, -0.2) is 0 Å². The van der Waals surface area contributed by atoms with Crippen LogP contribution in [0.1, 0.15) is 36.9 Å². The summed E-state index contributed by atoms with van der Waals surface area (Å²) in [7, 11) is 1.54. The smallest absolute Gasteiger partial charge is 0.290 e. The van der Waals surface area contributed by atoms with Gasteiger partial charge in [0, 0.05) is 13.7 Å². The van der Waals surface area contributed by atoms with Gasteiger partial charge < -0.3 is 19.5 Å². The molecule has 0 saturated carbocycles. The number of benzene rings is 2. The summed E-state index contributed by atoms with van der Waals surface area (Å²) in [6.07, 6.45) is 5.01. The van der Waals surface area contributed by atoms with Gasteiger partial charge in [0.05, 0.1) is 24.8 Å². The molecule has 6 nitrogen and oxygen atoms in total. The van der Waals surface area contributed by atoms with Gasteiger partial charge in [0.1, 0.15) is 5.75 Å². The van der Waals surface area contributed by atoms with Crippen LogP contribution in [0.3, 0.4) is 0 Å². The Kier molecular flexibility index (Phi) is 8.22. The van der Waals surface area contributed by atoms with Crippen LogP contribution in [0.15, 0.2) is 72.0 Å². The highest BCUT2D eigenvalue weighted by Gasteiger charge is 2.42. The number of hydrogen-bond donors (Lipinski definition) is 1. The minimum Gasteiger partial charge on any atom is -0.503 e. The summed E-state index contributed by atoms with van der Waals surface area (Å²) in [5, 5.41) is 10.6. The molecule has 1 amide bonds. The van der Waals surface area contributed by atoms with E-state index >= 15 is 0 Å². The Labute approximate surface area is 188 Å². The van der Waals surface area contributed by atoms with Gasteiger partial charge >= 0.3 is 0 Å². The summed E-state index contributed by atoms with van der Waals surface area (Å²) >= 11 is 0. The van der Waals surface area contributed by atoms with E-state index in [1.807, 2.05) is 54.6 Å². The number of allylic oxidation sites excluding steroid dienone is 1. The molecule has 1 unspecified atom stereocenters. The van der Waals surface area contributed by atoms with Crippen molar-refractivity contribution in [2.75, 3.05) is 26.9 Å². The third kappa shape index (κ3) is 5.45. The standard InChI is InChI=1S/C26H29NO5/c1-3-4-16-32-21-12-8-11-20(18-21)24-23(25(29)26(30)27(24)15-17-31-2)22(28)14-13-19-9-6-5-7-10-19/h5-14,18,24,29H,3-4,15-17H2,1-2H3. The van der Waals surface area contributed by atoms with Crippen LogP contribution in [0.2, 0.25) is 0 Å². The number of aliphatic hydroxyl groups excluding tert-OH is 1. The van der Waals surface area contributed by atoms with Crippen LogP contribution in [0.4, 0.5) is 0 Å². The summed E-state index contributed by atoms with van der Waals surface area (Å²) in [5.74, 6) is -0.859. The lowest BCUT2D eigenvalue weighted by molar-refractivity contribution is -0.130. The number of methoxy groups -OCH3 is 1. The third-order valence-corrected chi connectivity index (χ3v) is 5.27. The van der Waals surface area contributed by atoms with E-state index in [4.69, 9.17) is 9.47 Å². The Bertz CT molecular complexity index is 996. The maximum atomic E-state index is 13.1. The molecule has 1 aliphatic heterocycles. The predicted molar refractivity (Wildman–Crippen MR) is 123 cm³/mol. The molecule has 1 aliphatic rings. The molecule has 0 radical (unpaired) electrons. The van der Waals surface area contributed by atoms with Crippen molar-refractivity contribution in [1.29, 1.82) is 0 Å².